The van der Waals surface area contributed by atoms with Crippen LogP contribution in [-0.2, 0) is 4.74 Å². The van der Waals surface area contributed by atoms with Gasteiger partial charge in [-0.25, -0.2) is 4.39 Å². The van der Waals surface area contributed by atoms with Crippen molar-refractivity contribution in [3.63, 3.8) is 0 Å². The Morgan fingerprint density at radius 3 is 3.00 bits per heavy atom. The van der Waals surface area contributed by atoms with Gasteiger partial charge >= 0.3 is 0 Å². The molecular formula is C16H26FN3O. The van der Waals surface area contributed by atoms with Gasteiger partial charge in [0.25, 0.3) is 0 Å². The van der Waals surface area contributed by atoms with E-state index in [-0.39, 0.29) is 11.9 Å². The number of aromatic nitrogens is 1. The third-order valence-corrected chi connectivity index (χ3v) is 4.08. The Hall–Kier alpha value is -1.04. The molecule has 2 heterocycles. The maximum absolute atomic E-state index is 13.0. The van der Waals surface area contributed by atoms with E-state index >= 15 is 0 Å². The molecule has 1 aromatic heterocycles. The van der Waals surface area contributed by atoms with Gasteiger partial charge in [-0.2, -0.15) is 0 Å². The largest absolute Gasteiger partial charge is 0.378 e. The lowest BCUT2D eigenvalue weighted by atomic mass is 10.1. The molecule has 5 heteroatoms. The first-order valence-electron chi connectivity index (χ1n) is 7.91. The Morgan fingerprint density at radius 1 is 1.48 bits per heavy atom. The number of ether oxygens (including phenoxy) is 1. The van der Waals surface area contributed by atoms with E-state index in [1.54, 1.807) is 6.07 Å². The summed E-state index contributed by atoms with van der Waals surface area (Å²) >= 11 is 0. The lowest BCUT2D eigenvalue weighted by molar-refractivity contribution is -0.0101. The fourth-order valence-electron chi connectivity index (χ4n) is 2.85. The molecule has 1 saturated heterocycles. The van der Waals surface area contributed by atoms with Gasteiger partial charge < -0.3 is 10.1 Å². The van der Waals surface area contributed by atoms with Crippen LogP contribution >= 0.6 is 0 Å². The summed E-state index contributed by atoms with van der Waals surface area (Å²) in [6.45, 7) is 8.82. The van der Waals surface area contributed by atoms with Crippen LogP contribution in [0, 0.1) is 5.82 Å². The number of halogens is 1. The molecule has 1 N–H and O–H groups in total. The molecule has 2 rings (SSSR count). The molecule has 0 aromatic carbocycles. The topological polar surface area (TPSA) is 37.4 Å². The van der Waals surface area contributed by atoms with Crippen LogP contribution in [0.1, 0.15) is 38.4 Å². The summed E-state index contributed by atoms with van der Waals surface area (Å²) in [4.78, 5) is 6.72. The average molecular weight is 295 g/mol. The predicted molar refractivity (Wildman–Crippen MR) is 81.7 cm³/mol. The van der Waals surface area contributed by atoms with Crippen molar-refractivity contribution in [1.82, 2.24) is 15.2 Å². The molecule has 4 nitrogen and oxygen atoms in total. The number of pyridine rings is 1. The van der Waals surface area contributed by atoms with E-state index in [0.717, 1.165) is 51.4 Å². The fourth-order valence-corrected chi connectivity index (χ4v) is 2.85. The Bertz CT molecular complexity index is 412. The van der Waals surface area contributed by atoms with Gasteiger partial charge in [-0.1, -0.05) is 13.8 Å². The number of hydrogen-bond acceptors (Lipinski definition) is 4. The first-order valence-corrected chi connectivity index (χ1v) is 7.91. The molecule has 1 aromatic rings. The number of rotatable bonds is 7. The summed E-state index contributed by atoms with van der Waals surface area (Å²) in [6, 6.07) is 3.95. The van der Waals surface area contributed by atoms with Crippen LogP contribution in [0.5, 0.6) is 0 Å². The van der Waals surface area contributed by atoms with E-state index in [9.17, 15) is 4.39 Å². The highest BCUT2D eigenvalue weighted by molar-refractivity contribution is 5.10. The van der Waals surface area contributed by atoms with Crippen molar-refractivity contribution in [3.05, 3.63) is 29.8 Å². The summed E-state index contributed by atoms with van der Waals surface area (Å²) in [5, 5.41) is 3.45. The first kappa shape index (κ1) is 16.3. The Balaban J connectivity index is 1.94. The smallest absolute Gasteiger partial charge is 0.141 e. The second-order valence-corrected chi connectivity index (χ2v) is 5.47. The summed E-state index contributed by atoms with van der Waals surface area (Å²) in [6.07, 6.45) is 3.38. The minimum absolute atomic E-state index is 0.177. The van der Waals surface area contributed by atoms with E-state index in [1.165, 1.54) is 12.3 Å². The highest BCUT2D eigenvalue weighted by atomic mass is 19.1. The maximum Gasteiger partial charge on any atom is 0.141 e. The van der Waals surface area contributed by atoms with Gasteiger partial charge in [0, 0.05) is 19.1 Å². The molecule has 1 aliphatic rings. The van der Waals surface area contributed by atoms with Crippen LogP contribution in [0.15, 0.2) is 18.3 Å². The Morgan fingerprint density at radius 2 is 2.33 bits per heavy atom. The normalized spacial score (nSPS) is 21.4. The zero-order valence-electron chi connectivity index (χ0n) is 13.0. The summed E-state index contributed by atoms with van der Waals surface area (Å²) < 4.78 is 18.5. The minimum atomic E-state index is -0.284. The van der Waals surface area contributed by atoms with Gasteiger partial charge in [-0.05, 0) is 31.5 Å². The van der Waals surface area contributed by atoms with Crippen LogP contribution in [0.2, 0.25) is 0 Å². The van der Waals surface area contributed by atoms with E-state index in [2.05, 4.69) is 29.0 Å². The number of morpholine rings is 1. The first-order chi connectivity index (χ1) is 10.2. The number of nitrogens with zero attached hydrogens (tertiary/aromatic N) is 2. The zero-order chi connectivity index (χ0) is 15.1. The molecule has 0 saturated carbocycles. The molecule has 0 radical (unpaired) electrons. The van der Waals surface area contributed by atoms with Crippen molar-refractivity contribution >= 4 is 0 Å². The minimum Gasteiger partial charge on any atom is -0.378 e. The second-order valence-electron chi connectivity index (χ2n) is 5.47. The molecule has 118 valence electrons. The number of nitrogens with one attached hydrogen (secondary N) is 1. The van der Waals surface area contributed by atoms with Crippen LogP contribution in [0.3, 0.4) is 0 Å². The fraction of sp³-hybridized carbons (Fsp3) is 0.688. The zero-order valence-corrected chi connectivity index (χ0v) is 13.0. The van der Waals surface area contributed by atoms with E-state index in [0.29, 0.717) is 6.04 Å². The molecule has 1 fully saturated rings. The third kappa shape index (κ3) is 4.73. The van der Waals surface area contributed by atoms with Gasteiger partial charge in [-0.3, -0.25) is 9.88 Å². The molecule has 1 aliphatic heterocycles. The molecule has 0 bridgehead atoms. The van der Waals surface area contributed by atoms with Gasteiger partial charge in [-0.15, -0.1) is 0 Å². The van der Waals surface area contributed by atoms with Crippen molar-refractivity contribution < 1.29 is 9.13 Å². The van der Waals surface area contributed by atoms with Crippen molar-refractivity contribution in [2.45, 2.75) is 38.8 Å². The van der Waals surface area contributed by atoms with Crippen LogP contribution < -0.4 is 5.32 Å². The van der Waals surface area contributed by atoms with Gasteiger partial charge in [0.15, 0.2) is 0 Å². The molecule has 0 amide bonds. The van der Waals surface area contributed by atoms with Crippen molar-refractivity contribution in [3.8, 4) is 0 Å². The maximum atomic E-state index is 13.0. The third-order valence-electron chi connectivity index (χ3n) is 4.08. The second kappa shape index (κ2) is 8.41. The van der Waals surface area contributed by atoms with Gasteiger partial charge in [0.05, 0.1) is 31.1 Å². The van der Waals surface area contributed by atoms with Crippen LogP contribution in [0.4, 0.5) is 4.39 Å². The van der Waals surface area contributed by atoms with E-state index in [4.69, 9.17) is 4.74 Å². The van der Waals surface area contributed by atoms with Crippen molar-refractivity contribution in [1.29, 1.82) is 0 Å². The van der Waals surface area contributed by atoms with Crippen molar-refractivity contribution in [2.24, 2.45) is 0 Å². The summed E-state index contributed by atoms with van der Waals surface area (Å²) in [5.41, 5.74) is 0.916. The molecule has 2 unspecified atom stereocenters. The standard InChI is InChI=1S/C16H26FN3O/c1-3-14-12-21-10-9-20(14)8-7-16(18-4-2)15-6-5-13(17)11-19-15/h5-6,11,14,16,18H,3-4,7-10,12H2,1-2H3. The highest BCUT2D eigenvalue weighted by Crippen LogP contribution is 2.18. The molecule has 0 aliphatic carbocycles. The monoisotopic (exact) mass is 295 g/mol. The van der Waals surface area contributed by atoms with E-state index in [1.807, 2.05) is 0 Å². The van der Waals surface area contributed by atoms with Gasteiger partial charge in [0.2, 0.25) is 0 Å². The SMILES string of the molecule is CCNC(CCN1CCOCC1CC)c1ccc(F)cn1. The Kier molecular flexibility index (Phi) is 6.54. The molecule has 21 heavy (non-hydrogen) atoms. The number of hydrogen-bond donors (Lipinski definition) is 1. The highest BCUT2D eigenvalue weighted by Gasteiger charge is 2.22. The van der Waals surface area contributed by atoms with Gasteiger partial charge in [0.1, 0.15) is 5.82 Å². The van der Waals surface area contributed by atoms with Crippen molar-refractivity contribution in [2.75, 3.05) is 32.8 Å². The summed E-state index contributed by atoms with van der Waals surface area (Å²) in [7, 11) is 0. The molecule has 2 atom stereocenters. The lowest BCUT2D eigenvalue weighted by Gasteiger charge is -2.35. The van der Waals surface area contributed by atoms with Crippen LogP contribution in [0.25, 0.3) is 0 Å². The van der Waals surface area contributed by atoms with E-state index < -0.39 is 0 Å². The molecule has 0 spiro atoms. The van der Waals surface area contributed by atoms with Crippen LogP contribution in [-0.4, -0.2) is 48.8 Å². The Labute approximate surface area is 126 Å². The average Bonchev–Trinajstić information content (AvgIpc) is 2.52. The lowest BCUT2D eigenvalue weighted by Crippen LogP contribution is -2.46. The predicted octanol–water partition coefficient (Wildman–Crippen LogP) is 2.37. The molecular weight excluding hydrogens is 269 g/mol. The summed E-state index contributed by atoms with van der Waals surface area (Å²) in [5.74, 6) is -0.284. The quantitative estimate of drug-likeness (QED) is 0.838.